The van der Waals surface area contributed by atoms with Crippen LogP contribution in [0.4, 0.5) is 0 Å². The lowest BCUT2D eigenvalue weighted by Crippen LogP contribution is -2.49. The molecule has 0 radical (unpaired) electrons. The summed E-state index contributed by atoms with van der Waals surface area (Å²) in [5, 5.41) is 12.5. The lowest BCUT2D eigenvalue weighted by molar-refractivity contribution is 0.223. The molecular formula is C15H22N2O3. The van der Waals surface area contributed by atoms with Gasteiger partial charge in [-0.15, -0.1) is 0 Å². The van der Waals surface area contributed by atoms with Crippen LogP contribution in [0.3, 0.4) is 0 Å². The maximum atomic E-state index is 9.27. The summed E-state index contributed by atoms with van der Waals surface area (Å²) >= 11 is 0. The van der Waals surface area contributed by atoms with Gasteiger partial charge in [0.2, 0.25) is 0 Å². The van der Waals surface area contributed by atoms with Crippen LogP contribution in [0.2, 0.25) is 0 Å². The van der Waals surface area contributed by atoms with Gasteiger partial charge in [-0.05, 0) is 20.8 Å². The molecule has 0 aliphatic carbocycles. The third kappa shape index (κ3) is 4.63. The number of methoxy groups -OCH3 is 2. The van der Waals surface area contributed by atoms with Crippen molar-refractivity contribution in [2.75, 3.05) is 20.8 Å². The Morgan fingerprint density at radius 2 is 1.65 bits per heavy atom. The third-order valence-electron chi connectivity index (χ3n) is 2.71. The van der Waals surface area contributed by atoms with Crippen molar-refractivity contribution in [3.8, 4) is 23.3 Å². The number of rotatable bonds is 7. The fourth-order valence-electron chi connectivity index (χ4n) is 1.84. The van der Waals surface area contributed by atoms with Crippen molar-refractivity contribution in [3.63, 3.8) is 0 Å². The Morgan fingerprint density at radius 1 is 1.15 bits per heavy atom. The van der Waals surface area contributed by atoms with Crippen LogP contribution in [-0.4, -0.2) is 32.4 Å². The molecule has 0 fully saturated rings. The van der Waals surface area contributed by atoms with Crippen molar-refractivity contribution in [2.45, 2.75) is 32.4 Å². The Kier molecular flexibility index (Phi) is 5.66. The maximum Gasteiger partial charge on any atom is 0.138 e. The van der Waals surface area contributed by atoms with E-state index >= 15 is 0 Å². The number of benzene rings is 1. The fraction of sp³-hybridized carbons (Fsp3) is 0.533. The minimum atomic E-state index is -0.746. The van der Waals surface area contributed by atoms with Crippen molar-refractivity contribution in [1.82, 2.24) is 5.32 Å². The number of nitriles is 1. The van der Waals surface area contributed by atoms with Crippen LogP contribution in [-0.2, 0) is 0 Å². The minimum Gasteiger partial charge on any atom is -0.496 e. The van der Waals surface area contributed by atoms with Crippen molar-refractivity contribution < 1.29 is 14.2 Å². The van der Waals surface area contributed by atoms with Gasteiger partial charge in [0.1, 0.15) is 29.4 Å². The van der Waals surface area contributed by atoms with Crippen LogP contribution in [0, 0.1) is 11.3 Å². The summed E-state index contributed by atoms with van der Waals surface area (Å²) in [7, 11) is 3.16. The van der Waals surface area contributed by atoms with E-state index in [0.717, 1.165) is 0 Å². The summed E-state index contributed by atoms with van der Waals surface area (Å²) in [6.07, 6.45) is 0. The molecule has 1 unspecified atom stereocenters. The van der Waals surface area contributed by atoms with Crippen LogP contribution in [0.5, 0.6) is 17.2 Å². The summed E-state index contributed by atoms with van der Waals surface area (Å²) in [5.74, 6) is 1.90. The highest BCUT2D eigenvalue weighted by Gasteiger charge is 2.25. The molecule has 1 aromatic carbocycles. The van der Waals surface area contributed by atoms with Gasteiger partial charge in [-0.2, -0.15) is 5.26 Å². The molecule has 1 N–H and O–H groups in total. The van der Waals surface area contributed by atoms with E-state index in [1.165, 1.54) is 0 Å². The number of nitrogens with zero attached hydrogens (tertiary/aromatic N) is 1. The van der Waals surface area contributed by atoms with Crippen LogP contribution >= 0.6 is 0 Å². The SMILES string of the molecule is COc1cc(OC)cc(OCC(C)(C#N)NC(C)C)c1. The molecule has 0 saturated carbocycles. The van der Waals surface area contributed by atoms with Gasteiger partial charge in [0, 0.05) is 24.2 Å². The summed E-state index contributed by atoms with van der Waals surface area (Å²) in [5.41, 5.74) is -0.746. The average molecular weight is 278 g/mol. The lowest BCUT2D eigenvalue weighted by Gasteiger charge is -2.26. The van der Waals surface area contributed by atoms with E-state index in [2.05, 4.69) is 11.4 Å². The number of ether oxygens (including phenoxy) is 3. The predicted molar refractivity (Wildman–Crippen MR) is 77.3 cm³/mol. The first kappa shape index (κ1) is 16.1. The molecule has 0 bridgehead atoms. The van der Waals surface area contributed by atoms with Gasteiger partial charge in [0.25, 0.3) is 0 Å². The first-order chi connectivity index (χ1) is 9.42. The lowest BCUT2D eigenvalue weighted by atomic mass is 10.1. The van der Waals surface area contributed by atoms with E-state index in [0.29, 0.717) is 17.2 Å². The molecule has 5 nitrogen and oxygen atoms in total. The standard InChI is InChI=1S/C15H22N2O3/c1-11(2)17-15(3,9-16)10-20-14-7-12(18-4)6-13(8-14)19-5/h6-8,11,17H,10H2,1-5H3. The predicted octanol–water partition coefficient (Wildman–Crippen LogP) is 2.36. The molecule has 110 valence electrons. The van der Waals surface area contributed by atoms with E-state index in [1.807, 2.05) is 20.8 Å². The van der Waals surface area contributed by atoms with Crippen LogP contribution in [0.15, 0.2) is 18.2 Å². The summed E-state index contributed by atoms with van der Waals surface area (Å²) in [4.78, 5) is 0. The second-order valence-electron chi connectivity index (χ2n) is 5.08. The zero-order valence-corrected chi connectivity index (χ0v) is 12.7. The fourth-order valence-corrected chi connectivity index (χ4v) is 1.84. The summed E-state index contributed by atoms with van der Waals surface area (Å²) in [6, 6.07) is 7.72. The van der Waals surface area contributed by atoms with Crippen LogP contribution in [0.1, 0.15) is 20.8 Å². The molecular weight excluding hydrogens is 256 g/mol. The van der Waals surface area contributed by atoms with Crippen molar-refractivity contribution >= 4 is 0 Å². The molecule has 20 heavy (non-hydrogen) atoms. The first-order valence-corrected chi connectivity index (χ1v) is 6.47. The Labute approximate surface area is 120 Å². The first-order valence-electron chi connectivity index (χ1n) is 6.47. The molecule has 5 heteroatoms. The molecule has 0 heterocycles. The Hall–Kier alpha value is -1.93. The second-order valence-corrected chi connectivity index (χ2v) is 5.08. The maximum absolute atomic E-state index is 9.27. The van der Waals surface area contributed by atoms with Gasteiger partial charge in [-0.3, -0.25) is 5.32 Å². The highest BCUT2D eigenvalue weighted by atomic mass is 16.5. The van der Waals surface area contributed by atoms with E-state index in [9.17, 15) is 5.26 Å². The van der Waals surface area contributed by atoms with Gasteiger partial charge in [0.05, 0.1) is 20.3 Å². The molecule has 1 rings (SSSR count). The Bertz CT molecular complexity index is 460. The van der Waals surface area contributed by atoms with E-state index in [4.69, 9.17) is 14.2 Å². The molecule has 1 atom stereocenters. The summed E-state index contributed by atoms with van der Waals surface area (Å²) in [6.45, 7) is 6.02. The zero-order valence-electron chi connectivity index (χ0n) is 12.7. The van der Waals surface area contributed by atoms with Crippen molar-refractivity contribution in [3.05, 3.63) is 18.2 Å². The third-order valence-corrected chi connectivity index (χ3v) is 2.71. The van der Waals surface area contributed by atoms with Gasteiger partial charge < -0.3 is 14.2 Å². The highest BCUT2D eigenvalue weighted by molar-refractivity contribution is 5.42. The van der Waals surface area contributed by atoms with E-state index < -0.39 is 5.54 Å². The molecule has 0 aliphatic rings. The topological polar surface area (TPSA) is 63.5 Å². The van der Waals surface area contributed by atoms with Crippen molar-refractivity contribution in [2.24, 2.45) is 0 Å². The number of nitrogens with one attached hydrogen (secondary N) is 1. The van der Waals surface area contributed by atoms with Crippen molar-refractivity contribution in [1.29, 1.82) is 5.26 Å². The largest absolute Gasteiger partial charge is 0.496 e. The normalized spacial score (nSPS) is 13.4. The molecule has 0 aromatic heterocycles. The monoisotopic (exact) mass is 278 g/mol. The van der Waals surface area contributed by atoms with Crippen LogP contribution in [0.25, 0.3) is 0 Å². The minimum absolute atomic E-state index is 0.197. The zero-order chi connectivity index (χ0) is 15.2. The molecule has 1 aromatic rings. The summed E-state index contributed by atoms with van der Waals surface area (Å²) < 4.78 is 16.1. The molecule has 0 aliphatic heterocycles. The second kappa shape index (κ2) is 7.01. The smallest absolute Gasteiger partial charge is 0.138 e. The van der Waals surface area contributed by atoms with Gasteiger partial charge in [0.15, 0.2) is 0 Å². The van der Waals surface area contributed by atoms with E-state index in [-0.39, 0.29) is 12.6 Å². The molecule has 0 amide bonds. The van der Waals surface area contributed by atoms with Crippen LogP contribution < -0.4 is 19.5 Å². The quantitative estimate of drug-likeness (QED) is 0.829. The average Bonchev–Trinajstić information content (AvgIpc) is 2.44. The number of hydrogen-bond acceptors (Lipinski definition) is 5. The number of hydrogen-bond donors (Lipinski definition) is 1. The van der Waals surface area contributed by atoms with Gasteiger partial charge >= 0.3 is 0 Å². The Balaban J connectivity index is 2.80. The van der Waals surface area contributed by atoms with Gasteiger partial charge in [-0.1, -0.05) is 0 Å². The van der Waals surface area contributed by atoms with Gasteiger partial charge in [-0.25, -0.2) is 0 Å². The molecule has 0 saturated heterocycles. The highest BCUT2D eigenvalue weighted by Crippen LogP contribution is 2.27. The molecule has 0 spiro atoms. The Morgan fingerprint density at radius 3 is 2.05 bits per heavy atom. The van der Waals surface area contributed by atoms with E-state index in [1.54, 1.807) is 32.4 Å².